The largest absolute Gasteiger partial charge is 0.456 e. The van der Waals surface area contributed by atoms with Gasteiger partial charge in [-0.1, -0.05) is 53.2 Å². The molecule has 0 bridgehead atoms. The van der Waals surface area contributed by atoms with Crippen LogP contribution in [0, 0.1) is 23.7 Å². The zero-order chi connectivity index (χ0) is 56.3. The average molecular weight is 1080 g/mol. The molecule has 16 atom stereocenters. The normalized spacial score (nSPS) is 30.2. The Kier molecular flexibility index (Phi) is 24.8. The van der Waals surface area contributed by atoms with Gasteiger partial charge in [-0.15, -0.1) is 13.2 Å². The Bertz CT molecular complexity index is 1990. The summed E-state index contributed by atoms with van der Waals surface area (Å²) in [4.78, 5) is 41.2. The third-order valence-corrected chi connectivity index (χ3v) is 16.2. The van der Waals surface area contributed by atoms with Crippen molar-refractivity contribution < 1.29 is 70.9 Å². The number of cyclic esters (lactones) is 2. The molecule has 4 heterocycles. The number of hydrogen-bond donors (Lipinski definition) is 0. The summed E-state index contributed by atoms with van der Waals surface area (Å²) in [6, 6.07) is -0.0292. The van der Waals surface area contributed by atoms with E-state index in [1.54, 1.807) is 53.7 Å². The standard InChI is InChI=1S/C28H48NO7P.C27H44NO8P/c1-12-14-32-28(9,16-17(3)13-2)24(19(5)22-20(6)25(30)36-27(7,8)35-22)34-26-23(37-31)21(29(10)11)15-18(4)33-26;1-11-12-32-27(8,14-16(2)15-29)23(18(4)21-19(5)24(30)36-26(6,7)35-21)34-25-22(37-31)20(28(9)10)13-17(3)33-25/h12,17-19,21,23-24,26H,1,13-16H2,2-11H3;11,15-18,20,22-23,25H,1,12-14H2,2-10H3/t17-,18+,19-,21?,23+,24+,26-,28+;16-,17-,18+,20?,22-,23-,25+,27-/m01/s1. The van der Waals surface area contributed by atoms with Crippen molar-refractivity contribution in [3.63, 3.8) is 0 Å². The number of nitrogens with zero attached hydrogens (tertiary/aromatic N) is 2. The van der Waals surface area contributed by atoms with Crippen molar-refractivity contribution in [3.8, 4) is 0 Å². The molecule has 2 fully saturated rings. The highest BCUT2D eigenvalue weighted by Gasteiger charge is 2.52. The maximum Gasteiger partial charge on any atom is 0.340 e. The van der Waals surface area contributed by atoms with Gasteiger partial charge in [0.05, 0.1) is 60.0 Å². The zero-order valence-electron chi connectivity index (χ0n) is 48.1. The molecule has 0 aliphatic carbocycles. The Balaban J connectivity index is 0.000000390. The minimum absolute atomic E-state index is 0.0135. The highest BCUT2D eigenvalue weighted by Crippen LogP contribution is 2.44. The number of carbonyl (C=O) groups is 3. The molecular weight excluding hydrogens is 991 g/mol. The van der Waals surface area contributed by atoms with Gasteiger partial charge in [0.25, 0.3) is 0 Å². The van der Waals surface area contributed by atoms with Gasteiger partial charge < -0.3 is 62.0 Å². The lowest BCUT2D eigenvalue weighted by atomic mass is 9.80. The number of ether oxygens (including phenoxy) is 10. The van der Waals surface area contributed by atoms with Crippen LogP contribution in [0.5, 0.6) is 0 Å². The van der Waals surface area contributed by atoms with Crippen molar-refractivity contribution in [1.82, 2.24) is 9.80 Å². The summed E-state index contributed by atoms with van der Waals surface area (Å²) in [6.07, 6.45) is 4.55. The molecule has 4 aliphatic heterocycles. The fourth-order valence-corrected chi connectivity index (χ4v) is 12.2. The highest BCUT2D eigenvalue weighted by atomic mass is 31.1. The minimum atomic E-state index is -1.17. The third-order valence-electron chi connectivity index (χ3n) is 14.5. The molecule has 4 rings (SSSR count). The van der Waals surface area contributed by atoms with Gasteiger partial charge in [0.1, 0.15) is 29.1 Å². The van der Waals surface area contributed by atoms with E-state index in [-0.39, 0.29) is 53.7 Å². The van der Waals surface area contributed by atoms with Crippen molar-refractivity contribution in [1.29, 1.82) is 0 Å². The first kappa shape index (κ1) is 65.3. The van der Waals surface area contributed by atoms with E-state index in [1.165, 1.54) is 0 Å². The fraction of sp³-hybridized carbons (Fsp3) is 0.800. The number of esters is 2. The molecule has 0 N–H and O–H groups in total. The van der Waals surface area contributed by atoms with Crippen LogP contribution < -0.4 is 0 Å². The van der Waals surface area contributed by atoms with Gasteiger partial charge in [0.2, 0.25) is 11.6 Å². The second kappa shape index (κ2) is 28.1. The molecule has 422 valence electrons. The van der Waals surface area contributed by atoms with Gasteiger partial charge in [0, 0.05) is 57.5 Å². The Morgan fingerprint density at radius 3 is 1.36 bits per heavy atom. The maximum atomic E-state index is 12.7. The predicted molar refractivity (Wildman–Crippen MR) is 285 cm³/mol. The second-order valence-corrected chi connectivity index (χ2v) is 24.3. The van der Waals surface area contributed by atoms with E-state index in [2.05, 4.69) is 31.9 Å². The molecule has 2 unspecified atom stereocenters. The topological polar surface area (TPSA) is 184 Å². The van der Waals surface area contributed by atoms with Gasteiger partial charge in [-0.25, -0.2) is 9.59 Å². The molecule has 2 saturated heterocycles. The van der Waals surface area contributed by atoms with Gasteiger partial charge >= 0.3 is 11.9 Å². The van der Waals surface area contributed by atoms with E-state index >= 15 is 0 Å². The first-order valence-electron chi connectivity index (χ1n) is 26.2. The fourth-order valence-electron chi connectivity index (χ4n) is 10.6. The number of carbonyl (C=O) groups excluding carboxylic acids is 3. The van der Waals surface area contributed by atoms with Crippen molar-refractivity contribution in [2.75, 3.05) is 41.4 Å². The van der Waals surface area contributed by atoms with Crippen LogP contribution in [0.25, 0.3) is 0 Å². The van der Waals surface area contributed by atoms with Crippen LogP contribution in [0.2, 0.25) is 0 Å². The Hall–Kier alpha value is -2.95. The number of aldehydes is 1. The molecule has 0 aromatic heterocycles. The second-order valence-electron chi connectivity index (χ2n) is 22.7. The van der Waals surface area contributed by atoms with Crippen LogP contribution in [-0.4, -0.2) is 153 Å². The summed E-state index contributed by atoms with van der Waals surface area (Å²) >= 11 is 0. The molecule has 0 aromatic carbocycles. The summed E-state index contributed by atoms with van der Waals surface area (Å²) in [5, 5.41) is 0. The quantitative estimate of drug-likeness (QED) is 0.0345. The summed E-state index contributed by atoms with van der Waals surface area (Å²) in [7, 11) is 7.70. The van der Waals surface area contributed by atoms with Crippen LogP contribution in [0.15, 0.2) is 48.0 Å². The Morgan fingerprint density at radius 2 is 1.05 bits per heavy atom. The lowest BCUT2D eigenvalue weighted by Crippen LogP contribution is -2.57. The minimum Gasteiger partial charge on any atom is -0.456 e. The molecular formula is C55H92N2O15P2. The van der Waals surface area contributed by atoms with Crippen LogP contribution in [-0.2, 0) is 70.9 Å². The van der Waals surface area contributed by atoms with Crippen LogP contribution in [0.1, 0.15) is 136 Å². The van der Waals surface area contributed by atoms with E-state index in [0.717, 1.165) is 19.1 Å². The number of rotatable bonds is 26. The zero-order valence-corrected chi connectivity index (χ0v) is 49.9. The van der Waals surface area contributed by atoms with E-state index in [1.807, 2.05) is 81.6 Å². The van der Waals surface area contributed by atoms with Crippen molar-refractivity contribution in [2.24, 2.45) is 23.7 Å². The molecule has 0 saturated carbocycles. The summed E-state index contributed by atoms with van der Waals surface area (Å²) in [5.74, 6) is -3.15. The lowest BCUT2D eigenvalue weighted by molar-refractivity contribution is -0.268. The first-order valence-corrected chi connectivity index (χ1v) is 28.0. The van der Waals surface area contributed by atoms with E-state index in [0.29, 0.717) is 54.5 Å². The SMILES string of the molecule is C=CCO[C@](C)(C[C@@H](C)C=O)[C@H](O[C@@H]1O[C@H](C)CC(N(C)C)[C@H]1P=O)[C@@H](C)C1=C(C)C(=O)OC(C)(C)O1.C=CCO[C@](C)(C[C@@H](C)CC)[C@H](O[C@@H]1O[C@H](C)CC(N(C)C)[C@H]1P=O)[C@@H](C)C1=C(C)C(=O)OC(C)(C)O1. The first-order chi connectivity index (χ1) is 34.4. The highest BCUT2D eigenvalue weighted by molar-refractivity contribution is 7.25. The smallest absolute Gasteiger partial charge is 0.340 e. The summed E-state index contributed by atoms with van der Waals surface area (Å²) in [6.45, 7) is 36.2. The molecule has 0 radical (unpaired) electrons. The number of hydrogen-bond acceptors (Lipinski definition) is 17. The third kappa shape index (κ3) is 17.0. The van der Waals surface area contributed by atoms with Crippen molar-refractivity contribution >= 4 is 35.1 Å². The van der Waals surface area contributed by atoms with Crippen LogP contribution >= 0.6 is 16.9 Å². The molecule has 17 nitrogen and oxygen atoms in total. The van der Waals surface area contributed by atoms with E-state index < -0.39 is 82.7 Å². The molecule has 19 heteroatoms. The molecule has 0 amide bonds. The Labute approximate surface area is 446 Å². The van der Waals surface area contributed by atoms with E-state index in [9.17, 15) is 23.5 Å². The van der Waals surface area contributed by atoms with Crippen LogP contribution in [0.3, 0.4) is 0 Å². The van der Waals surface area contributed by atoms with Crippen molar-refractivity contribution in [3.05, 3.63) is 48.0 Å². The monoisotopic (exact) mass is 1080 g/mol. The molecule has 74 heavy (non-hydrogen) atoms. The molecule has 0 aromatic rings. The average Bonchev–Trinajstić information content (AvgIpc) is 3.32. The molecule has 4 aliphatic rings. The predicted octanol–water partition coefficient (Wildman–Crippen LogP) is 10.2. The van der Waals surface area contributed by atoms with E-state index in [4.69, 9.17) is 47.4 Å². The van der Waals surface area contributed by atoms with Gasteiger partial charge in [0.15, 0.2) is 29.5 Å². The maximum absolute atomic E-state index is 12.7. The summed E-state index contributed by atoms with van der Waals surface area (Å²) in [5.41, 5.74) is -1.92. The van der Waals surface area contributed by atoms with Gasteiger partial charge in [-0.2, -0.15) is 0 Å². The lowest BCUT2D eigenvalue weighted by Gasteiger charge is -2.48. The Morgan fingerprint density at radius 1 is 0.689 bits per heavy atom. The van der Waals surface area contributed by atoms with Gasteiger partial charge in [-0.3, -0.25) is 9.13 Å². The molecule has 0 spiro atoms. The van der Waals surface area contributed by atoms with Crippen LogP contribution in [0.4, 0.5) is 0 Å². The summed E-state index contributed by atoms with van der Waals surface area (Å²) < 4.78 is 86.9. The van der Waals surface area contributed by atoms with Crippen molar-refractivity contribution in [2.45, 2.75) is 219 Å². The van der Waals surface area contributed by atoms with Gasteiger partial charge in [-0.05, 0) is 101 Å².